The highest BCUT2D eigenvalue weighted by Gasteiger charge is 2.09. The number of allylic oxidation sites excluding steroid dienone is 3. The van der Waals surface area contributed by atoms with Gasteiger partial charge in [0, 0.05) is 6.08 Å². The van der Waals surface area contributed by atoms with E-state index in [0.29, 0.717) is 23.0 Å². The Hall–Kier alpha value is -3.67. The van der Waals surface area contributed by atoms with Gasteiger partial charge >= 0.3 is 0 Å². The van der Waals surface area contributed by atoms with Crippen molar-refractivity contribution in [1.29, 1.82) is 0 Å². The van der Waals surface area contributed by atoms with Gasteiger partial charge in [0.25, 0.3) is 0 Å². The third-order valence-electron chi connectivity index (χ3n) is 5.36. The molecule has 35 heavy (non-hydrogen) atoms. The first-order valence-electron chi connectivity index (χ1n) is 11.8. The second-order valence-electron chi connectivity index (χ2n) is 8.13. The molecule has 2 atom stereocenters. The SMILES string of the molecule is CCC(C)Oc1ccc(/C=C/C(=O)/C=C(O)/C=C/c2ccc(OC(C)CC)c(OC)c2)cc1OC. The van der Waals surface area contributed by atoms with E-state index in [2.05, 4.69) is 13.8 Å². The van der Waals surface area contributed by atoms with Crippen LogP contribution in [0.2, 0.25) is 0 Å². The van der Waals surface area contributed by atoms with Crippen molar-refractivity contribution in [3.63, 3.8) is 0 Å². The number of hydrogen-bond donors (Lipinski definition) is 1. The topological polar surface area (TPSA) is 74.2 Å². The average molecular weight is 481 g/mol. The van der Waals surface area contributed by atoms with Crippen molar-refractivity contribution in [2.24, 2.45) is 0 Å². The predicted octanol–water partition coefficient (Wildman–Crippen LogP) is 6.80. The fraction of sp³-hybridized carbons (Fsp3) is 0.345. The van der Waals surface area contributed by atoms with Crippen molar-refractivity contribution < 1.29 is 28.8 Å². The fourth-order valence-electron chi connectivity index (χ4n) is 2.97. The van der Waals surface area contributed by atoms with Crippen molar-refractivity contribution >= 4 is 17.9 Å². The number of ketones is 1. The molecule has 6 nitrogen and oxygen atoms in total. The molecule has 0 bridgehead atoms. The van der Waals surface area contributed by atoms with Gasteiger partial charge in [-0.05, 0) is 74.2 Å². The zero-order valence-electron chi connectivity index (χ0n) is 21.4. The summed E-state index contributed by atoms with van der Waals surface area (Å²) >= 11 is 0. The minimum Gasteiger partial charge on any atom is -0.508 e. The molecular weight excluding hydrogens is 444 g/mol. The van der Waals surface area contributed by atoms with Gasteiger partial charge in [-0.25, -0.2) is 0 Å². The average Bonchev–Trinajstić information content (AvgIpc) is 2.87. The highest BCUT2D eigenvalue weighted by molar-refractivity contribution is 6.02. The van der Waals surface area contributed by atoms with Gasteiger partial charge in [-0.1, -0.05) is 38.1 Å². The monoisotopic (exact) mass is 480 g/mol. The maximum atomic E-state index is 12.3. The van der Waals surface area contributed by atoms with Crippen LogP contribution < -0.4 is 18.9 Å². The molecule has 2 aromatic carbocycles. The minimum atomic E-state index is -0.346. The number of benzene rings is 2. The van der Waals surface area contributed by atoms with E-state index in [0.717, 1.165) is 30.0 Å². The number of carbonyl (C=O) groups excluding carboxylic acids is 1. The third-order valence-corrected chi connectivity index (χ3v) is 5.36. The number of ether oxygens (including phenoxy) is 4. The molecule has 0 saturated carbocycles. The maximum absolute atomic E-state index is 12.3. The third kappa shape index (κ3) is 8.89. The van der Waals surface area contributed by atoms with Gasteiger partial charge in [0.2, 0.25) is 0 Å². The normalized spacial score (nSPS) is 13.6. The van der Waals surface area contributed by atoms with Crippen LogP contribution in [0.1, 0.15) is 51.7 Å². The zero-order chi connectivity index (χ0) is 25.8. The molecule has 1 N–H and O–H groups in total. The highest BCUT2D eigenvalue weighted by atomic mass is 16.5. The Bertz CT molecular complexity index is 1070. The summed E-state index contributed by atoms with van der Waals surface area (Å²) in [6, 6.07) is 11.0. The van der Waals surface area contributed by atoms with Crippen LogP contribution in [-0.4, -0.2) is 37.3 Å². The zero-order valence-corrected chi connectivity index (χ0v) is 21.4. The number of aliphatic hydroxyl groups is 1. The number of hydrogen-bond acceptors (Lipinski definition) is 6. The van der Waals surface area contributed by atoms with E-state index in [1.165, 1.54) is 12.2 Å². The van der Waals surface area contributed by atoms with Crippen LogP contribution in [0.15, 0.2) is 60.4 Å². The summed E-state index contributed by atoms with van der Waals surface area (Å²) in [7, 11) is 3.16. The van der Waals surface area contributed by atoms with Crippen molar-refractivity contribution in [3.8, 4) is 23.0 Å². The molecule has 6 heteroatoms. The molecule has 2 rings (SSSR count). The molecule has 0 heterocycles. The summed E-state index contributed by atoms with van der Waals surface area (Å²) in [5, 5.41) is 10.2. The molecule has 2 aromatic rings. The first-order chi connectivity index (χ1) is 16.8. The summed E-state index contributed by atoms with van der Waals surface area (Å²) in [6.07, 6.45) is 9.27. The molecule has 2 unspecified atom stereocenters. The second-order valence-corrected chi connectivity index (χ2v) is 8.13. The highest BCUT2D eigenvalue weighted by Crippen LogP contribution is 2.31. The molecule has 0 amide bonds. The summed E-state index contributed by atoms with van der Waals surface area (Å²) in [6.45, 7) is 8.09. The predicted molar refractivity (Wildman–Crippen MR) is 141 cm³/mol. The number of methoxy groups -OCH3 is 2. The van der Waals surface area contributed by atoms with E-state index in [4.69, 9.17) is 18.9 Å². The molecule has 0 fully saturated rings. The van der Waals surface area contributed by atoms with Gasteiger partial charge in [-0.15, -0.1) is 0 Å². The summed E-state index contributed by atoms with van der Waals surface area (Å²) in [4.78, 5) is 12.3. The Morgan fingerprint density at radius 1 is 0.800 bits per heavy atom. The molecular formula is C29H36O6. The Balaban J connectivity index is 2.06. The molecule has 0 saturated heterocycles. The summed E-state index contributed by atoms with van der Waals surface area (Å²) in [5.74, 6) is 2.01. The van der Waals surface area contributed by atoms with Crippen LogP contribution >= 0.6 is 0 Å². The molecule has 188 valence electrons. The Kier molecular flexibility index (Phi) is 10.9. The number of carbonyl (C=O) groups is 1. The smallest absolute Gasteiger partial charge is 0.182 e. The molecule has 0 aliphatic heterocycles. The van der Waals surface area contributed by atoms with Gasteiger partial charge in [0.15, 0.2) is 28.8 Å². The lowest BCUT2D eigenvalue weighted by atomic mass is 10.1. The largest absolute Gasteiger partial charge is 0.508 e. The number of aliphatic hydroxyl groups excluding tert-OH is 1. The lowest BCUT2D eigenvalue weighted by Gasteiger charge is -2.15. The lowest BCUT2D eigenvalue weighted by molar-refractivity contribution is -0.110. The Labute approximate surface area is 208 Å². The fourth-order valence-corrected chi connectivity index (χ4v) is 2.97. The first-order valence-corrected chi connectivity index (χ1v) is 11.8. The Morgan fingerprint density at radius 2 is 1.26 bits per heavy atom. The van der Waals surface area contributed by atoms with E-state index < -0.39 is 0 Å². The van der Waals surface area contributed by atoms with Crippen molar-refractivity contribution in [2.75, 3.05) is 14.2 Å². The molecule has 0 radical (unpaired) electrons. The van der Waals surface area contributed by atoms with Crippen LogP contribution in [-0.2, 0) is 4.79 Å². The van der Waals surface area contributed by atoms with Crippen LogP contribution in [0.5, 0.6) is 23.0 Å². The molecule has 0 aromatic heterocycles. The van der Waals surface area contributed by atoms with E-state index in [1.807, 2.05) is 44.2 Å². The second kappa shape index (κ2) is 13.9. The molecule has 0 aliphatic carbocycles. The van der Waals surface area contributed by atoms with E-state index in [-0.39, 0.29) is 23.8 Å². The van der Waals surface area contributed by atoms with Crippen LogP contribution in [0.4, 0.5) is 0 Å². The quantitative estimate of drug-likeness (QED) is 0.193. The van der Waals surface area contributed by atoms with Gasteiger partial charge in [-0.2, -0.15) is 0 Å². The molecule has 0 spiro atoms. The van der Waals surface area contributed by atoms with Crippen LogP contribution in [0.25, 0.3) is 12.2 Å². The van der Waals surface area contributed by atoms with Gasteiger partial charge in [0.1, 0.15) is 5.76 Å². The first kappa shape index (κ1) is 27.6. The van der Waals surface area contributed by atoms with E-state index in [1.54, 1.807) is 32.4 Å². The number of rotatable bonds is 13. The maximum Gasteiger partial charge on any atom is 0.182 e. The van der Waals surface area contributed by atoms with Crippen molar-refractivity contribution in [2.45, 2.75) is 52.7 Å². The summed E-state index contributed by atoms with van der Waals surface area (Å²) < 4.78 is 22.5. The lowest BCUT2D eigenvalue weighted by Crippen LogP contribution is -2.10. The van der Waals surface area contributed by atoms with E-state index >= 15 is 0 Å². The van der Waals surface area contributed by atoms with Gasteiger partial charge in [0.05, 0.1) is 26.4 Å². The van der Waals surface area contributed by atoms with E-state index in [9.17, 15) is 9.90 Å². The van der Waals surface area contributed by atoms with Crippen molar-refractivity contribution in [1.82, 2.24) is 0 Å². The van der Waals surface area contributed by atoms with Crippen molar-refractivity contribution in [3.05, 3.63) is 71.5 Å². The standard InChI is InChI=1S/C29H36O6/c1-7-20(3)34-26-15-11-22(17-28(26)32-5)9-13-24(30)19-25(31)14-10-23-12-16-27(29(18-23)33-6)35-21(4)8-2/h9-21,30H,7-8H2,1-6H3/b13-9+,14-10+,24-19-. The summed E-state index contributed by atoms with van der Waals surface area (Å²) in [5.41, 5.74) is 1.58. The van der Waals surface area contributed by atoms with Crippen LogP contribution in [0, 0.1) is 0 Å². The molecule has 0 aliphatic rings. The minimum absolute atomic E-state index is 0.0742. The van der Waals surface area contributed by atoms with Crippen LogP contribution in [0.3, 0.4) is 0 Å². The Morgan fingerprint density at radius 3 is 1.69 bits per heavy atom. The van der Waals surface area contributed by atoms with Gasteiger partial charge in [-0.3, -0.25) is 4.79 Å². The van der Waals surface area contributed by atoms with Gasteiger partial charge < -0.3 is 24.1 Å².